The monoisotopic (exact) mass is 356 g/mol. The van der Waals surface area contributed by atoms with Crippen LogP contribution in [0.5, 0.6) is 0 Å². The fraction of sp³-hybridized carbons (Fsp3) is 0.300. The van der Waals surface area contributed by atoms with E-state index in [4.69, 9.17) is 0 Å². The third-order valence-corrected chi connectivity index (χ3v) is 7.82. The number of rotatable bonds is 3. The van der Waals surface area contributed by atoms with Crippen molar-refractivity contribution < 1.29 is 17.1 Å². The van der Waals surface area contributed by atoms with Crippen LogP contribution < -0.4 is 5.19 Å². The Balaban J connectivity index is 0.00000242. The van der Waals surface area contributed by atoms with Gasteiger partial charge in [-0.05, 0) is 5.41 Å². The Morgan fingerprint density at radius 3 is 1.73 bits per heavy atom. The van der Waals surface area contributed by atoms with E-state index in [1.54, 1.807) is 0 Å². The zero-order valence-corrected chi connectivity index (χ0v) is 16.0. The van der Waals surface area contributed by atoms with E-state index in [0.717, 1.165) is 0 Å². The fourth-order valence-corrected chi connectivity index (χ4v) is 6.59. The summed E-state index contributed by atoms with van der Waals surface area (Å²) in [5, 5.41) is 2.94. The Morgan fingerprint density at radius 1 is 0.818 bits per heavy atom. The Bertz CT molecular complexity index is 607. The van der Waals surface area contributed by atoms with Crippen LogP contribution >= 0.6 is 0 Å². The average Bonchev–Trinajstić information content (AvgIpc) is 2.45. The molecule has 0 nitrogen and oxygen atoms in total. The predicted molar refractivity (Wildman–Crippen MR) is 95.3 cm³/mol. The van der Waals surface area contributed by atoms with Crippen LogP contribution in [0.2, 0.25) is 13.1 Å². The minimum atomic E-state index is -1.72. The van der Waals surface area contributed by atoms with Crippen LogP contribution in [0.1, 0.15) is 26.3 Å². The third-order valence-electron chi connectivity index (χ3n) is 3.91. The minimum Gasteiger partial charge on any atom is -0.193 e. The van der Waals surface area contributed by atoms with E-state index in [-0.39, 0.29) is 22.5 Å². The molecule has 2 aromatic carbocycles. The van der Waals surface area contributed by atoms with Crippen molar-refractivity contribution >= 4 is 13.3 Å². The normalized spacial score (nSPS) is 12.7. The smallest absolute Gasteiger partial charge is 0.193 e. The second kappa shape index (κ2) is 7.46. The molecule has 0 radical (unpaired) electrons. The van der Waals surface area contributed by atoms with Gasteiger partial charge in [0.2, 0.25) is 0 Å². The average molecular weight is 357 g/mol. The first-order chi connectivity index (χ1) is 9.82. The van der Waals surface area contributed by atoms with Gasteiger partial charge < -0.3 is 0 Å². The topological polar surface area (TPSA) is 0 Å². The largest absolute Gasteiger partial charge is 1.00 e. The number of benzene rings is 2. The molecule has 0 N–H and O–H groups in total. The van der Waals surface area contributed by atoms with E-state index in [0.29, 0.717) is 0 Å². The summed E-state index contributed by atoms with van der Waals surface area (Å²) in [6.07, 6.45) is 3.74. The Labute approximate surface area is 147 Å². The van der Waals surface area contributed by atoms with Gasteiger partial charge >= 0.3 is 17.1 Å². The second-order valence-electron chi connectivity index (χ2n) is 7.11. The molecule has 0 saturated heterocycles. The van der Waals surface area contributed by atoms with Crippen molar-refractivity contribution in [3.8, 4) is 0 Å². The Hall–Kier alpha value is -1.08. The summed E-state index contributed by atoms with van der Waals surface area (Å²) in [6, 6.07) is 21.4. The van der Waals surface area contributed by atoms with E-state index >= 15 is 0 Å². The molecule has 0 spiro atoms. The summed E-state index contributed by atoms with van der Waals surface area (Å²) in [6.45, 7) is 11.8. The molecule has 0 aliphatic heterocycles. The van der Waals surface area contributed by atoms with Crippen molar-refractivity contribution in [3.63, 3.8) is 0 Å². The van der Waals surface area contributed by atoms with E-state index < -0.39 is 8.07 Å². The van der Waals surface area contributed by atoms with E-state index in [1.807, 2.05) is 0 Å². The van der Waals surface area contributed by atoms with Gasteiger partial charge in [0.1, 0.15) is 0 Å². The zero-order chi connectivity index (χ0) is 15.5. The predicted octanol–water partition coefficient (Wildman–Crippen LogP) is 4.96. The van der Waals surface area contributed by atoms with Gasteiger partial charge in [0.15, 0.2) is 0 Å². The van der Waals surface area contributed by atoms with E-state index in [2.05, 4.69) is 101 Å². The van der Waals surface area contributed by atoms with Gasteiger partial charge in [-0.3, -0.25) is 0 Å². The molecule has 0 heterocycles. The van der Waals surface area contributed by atoms with Crippen LogP contribution in [-0.4, -0.2) is 8.07 Å². The molecule has 0 aromatic heterocycles. The summed E-state index contributed by atoms with van der Waals surface area (Å²) < 4.78 is 0. The molecule has 22 heavy (non-hydrogen) atoms. The van der Waals surface area contributed by atoms with Gasteiger partial charge in [0, 0.05) is 0 Å². The SMILES string of the molecule is CC(C)(C)C(=[C-]c1ccccc1)[Si](C)(C)c1ccccc1.[Cu+]. The first kappa shape index (κ1) is 19.0. The first-order valence-corrected chi connectivity index (χ1v) is 10.6. The summed E-state index contributed by atoms with van der Waals surface area (Å²) in [5.74, 6) is 0. The van der Waals surface area contributed by atoms with Gasteiger partial charge in [-0.15, -0.1) is 17.3 Å². The van der Waals surface area contributed by atoms with E-state index in [9.17, 15) is 0 Å². The first-order valence-electron chi connectivity index (χ1n) is 7.57. The molecule has 2 rings (SSSR count). The van der Waals surface area contributed by atoms with E-state index in [1.165, 1.54) is 15.9 Å². The van der Waals surface area contributed by atoms with Gasteiger partial charge in [-0.25, -0.2) is 0 Å². The second-order valence-corrected chi connectivity index (χ2v) is 11.4. The molecule has 0 bridgehead atoms. The molecule has 0 unspecified atom stereocenters. The minimum absolute atomic E-state index is 0. The maximum atomic E-state index is 3.74. The zero-order valence-electron chi connectivity index (χ0n) is 14.1. The quantitative estimate of drug-likeness (QED) is 0.538. The maximum Gasteiger partial charge on any atom is 1.00 e. The summed E-state index contributed by atoms with van der Waals surface area (Å²) in [7, 11) is -1.72. The number of hydrogen-bond donors (Lipinski definition) is 0. The molecule has 2 heteroatoms. The van der Waals surface area contributed by atoms with Crippen LogP contribution in [0.3, 0.4) is 0 Å². The van der Waals surface area contributed by atoms with Crippen LogP contribution in [-0.2, 0) is 17.1 Å². The van der Waals surface area contributed by atoms with Crippen molar-refractivity contribution in [3.05, 3.63) is 77.5 Å². The van der Waals surface area contributed by atoms with Crippen molar-refractivity contribution in [2.45, 2.75) is 33.9 Å². The fourth-order valence-electron chi connectivity index (χ4n) is 2.95. The summed E-state index contributed by atoms with van der Waals surface area (Å²) >= 11 is 0. The molecule has 2 aromatic rings. The van der Waals surface area contributed by atoms with Gasteiger partial charge in [0.05, 0.1) is 8.07 Å². The Kier molecular flexibility index (Phi) is 6.43. The summed E-state index contributed by atoms with van der Waals surface area (Å²) in [5.41, 5.74) is 1.31. The maximum absolute atomic E-state index is 3.74. The Morgan fingerprint density at radius 2 is 1.27 bits per heavy atom. The van der Waals surface area contributed by atoms with Crippen LogP contribution in [0, 0.1) is 11.5 Å². The molecule has 120 valence electrons. The summed E-state index contributed by atoms with van der Waals surface area (Å²) in [4.78, 5) is 0. The number of hydrogen-bond acceptors (Lipinski definition) is 0. The van der Waals surface area contributed by atoms with Gasteiger partial charge in [-0.2, -0.15) is 23.8 Å². The molecule has 0 atom stereocenters. The van der Waals surface area contributed by atoms with Crippen molar-refractivity contribution in [2.75, 3.05) is 0 Å². The molecule has 0 aliphatic rings. The number of allylic oxidation sites excluding steroid dienone is 1. The van der Waals surface area contributed by atoms with Crippen molar-refractivity contribution in [2.24, 2.45) is 5.41 Å². The van der Waals surface area contributed by atoms with Gasteiger partial charge in [-0.1, -0.05) is 75.5 Å². The van der Waals surface area contributed by atoms with Crippen molar-refractivity contribution in [1.82, 2.24) is 0 Å². The molecule has 0 fully saturated rings. The molecule has 0 aliphatic carbocycles. The van der Waals surface area contributed by atoms with Crippen LogP contribution in [0.25, 0.3) is 0 Å². The third kappa shape index (κ3) is 4.46. The molecular formula is C20H25CuSi. The molecular weight excluding hydrogens is 332 g/mol. The molecule has 0 saturated carbocycles. The van der Waals surface area contributed by atoms with Gasteiger partial charge in [0.25, 0.3) is 0 Å². The van der Waals surface area contributed by atoms with Crippen molar-refractivity contribution in [1.29, 1.82) is 0 Å². The van der Waals surface area contributed by atoms with Crippen LogP contribution in [0.15, 0.2) is 65.9 Å². The molecule has 0 amide bonds. The standard InChI is InChI=1S/C20H25Si.Cu/c1-20(2,3)19(16-17-12-8-6-9-13-17)21(4,5)18-14-10-7-11-15-18;/h6-15H,1-5H3;/q-1;+1. The van der Waals surface area contributed by atoms with Crippen LogP contribution in [0.4, 0.5) is 0 Å².